The SMILES string of the molecule is C=C[C@@H](c1cccc(OCc2ccccc2)c1)[C@@H](C)CN. The van der Waals surface area contributed by atoms with Gasteiger partial charge in [0.25, 0.3) is 0 Å². The third-order valence-electron chi connectivity index (χ3n) is 3.73. The molecule has 0 amide bonds. The van der Waals surface area contributed by atoms with Crippen LogP contribution in [0.1, 0.15) is 24.0 Å². The largest absolute Gasteiger partial charge is 0.489 e. The Bertz CT molecular complexity index is 565. The molecule has 0 heterocycles. The predicted molar refractivity (Wildman–Crippen MR) is 88.4 cm³/mol. The Morgan fingerprint density at radius 1 is 1.14 bits per heavy atom. The van der Waals surface area contributed by atoms with Gasteiger partial charge in [-0.2, -0.15) is 0 Å². The van der Waals surface area contributed by atoms with Crippen LogP contribution in [0.15, 0.2) is 67.3 Å². The van der Waals surface area contributed by atoms with E-state index in [0.29, 0.717) is 19.1 Å². The van der Waals surface area contributed by atoms with Gasteiger partial charge in [-0.3, -0.25) is 0 Å². The zero-order valence-corrected chi connectivity index (χ0v) is 12.5. The first-order valence-electron chi connectivity index (χ1n) is 7.34. The van der Waals surface area contributed by atoms with Crippen molar-refractivity contribution in [2.45, 2.75) is 19.4 Å². The zero-order chi connectivity index (χ0) is 15.1. The van der Waals surface area contributed by atoms with Gasteiger partial charge in [0.05, 0.1) is 0 Å². The number of hydrogen-bond donors (Lipinski definition) is 1. The van der Waals surface area contributed by atoms with E-state index < -0.39 is 0 Å². The van der Waals surface area contributed by atoms with Crippen molar-refractivity contribution in [3.05, 3.63) is 78.4 Å². The number of allylic oxidation sites excluding steroid dienone is 1. The standard InChI is InChI=1S/C19H23NO/c1-3-19(15(2)13-20)17-10-7-11-18(12-17)21-14-16-8-5-4-6-9-16/h3-12,15,19H,1,13-14,20H2,2H3/t15-,19+/m0/s1. The fraction of sp³-hybridized carbons (Fsp3) is 0.263. The molecule has 2 nitrogen and oxygen atoms in total. The minimum atomic E-state index is 0.260. The van der Waals surface area contributed by atoms with Gasteiger partial charge < -0.3 is 10.5 Å². The van der Waals surface area contributed by atoms with Crippen molar-refractivity contribution < 1.29 is 4.74 Å². The van der Waals surface area contributed by atoms with Crippen LogP contribution in [0.25, 0.3) is 0 Å². The molecule has 2 heteroatoms. The third-order valence-corrected chi connectivity index (χ3v) is 3.73. The number of hydrogen-bond acceptors (Lipinski definition) is 2. The fourth-order valence-corrected chi connectivity index (χ4v) is 2.40. The van der Waals surface area contributed by atoms with Gasteiger partial charge in [-0.1, -0.05) is 55.5 Å². The highest BCUT2D eigenvalue weighted by atomic mass is 16.5. The van der Waals surface area contributed by atoms with Crippen LogP contribution in [0.5, 0.6) is 5.75 Å². The van der Waals surface area contributed by atoms with E-state index in [2.05, 4.69) is 37.8 Å². The molecular weight excluding hydrogens is 258 g/mol. The Kier molecular flexibility index (Phi) is 5.59. The van der Waals surface area contributed by atoms with Crippen molar-refractivity contribution in [2.24, 2.45) is 11.7 Å². The van der Waals surface area contributed by atoms with Gasteiger partial charge in [0.2, 0.25) is 0 Å². The monoisotopic (exact) mass is 281 g/mol. The van der Waals surface area contributed by atoms with Crippen molar-refractivity contribution in [2.75, 3.05) is 6.54 Å². The minimum Gasteiger partial charge on any atom is -0.489 e. The second-order valence-electron chi connectivity index (χ2n) is 5.32. The molecule has 2 atom stereocenters. The van der Waals surface area contributed by atoms with E-state index in [1.165, 1.54) is 11.1 Å². The molecule has 0 radical (unpaired) electrons. The Morgan fingerprint density at radius 2 is 1.90 bits per heavy atom. The van der Waals surface area contributed by atoms with E-state index in [4.69, 9.17) is 10.5 Å². The lowest BCUT2D eigenvalue weighted by atomic mass is 9.87. The zero-order valence-electron chi connectivity index (χ0n) is 12.5. The molecule has 2 rings (SSSR count). The molecule has 0 unspecified atom stereocenters. The molecule has 110 valence electrons. The Labute approximate surface area is 127 Å². The summed E-state index contributed by atoms with van der Waals surface area (Å²) in [5.41, 5.74) is 8.15. The summed E-state index contributed by atoms with van der Waals surface area (Å²) in [6.07, 6.45) is 1.97. The summed E-state index contributed by atoms with van der Waals surface area (Å²) in [5.74, 6) is 1.51. The Balaban J connectivity index is 2.08. The first kappa shape index (κ1) is 15.3. The van der Waals surface area contributed by atoms with E-state index in [-0.39, 0.29) is 5.92 Å². The van der Waals surface area contributed by atoms with Gasteiger partial charge >= 0.3 is 0 Å². The minimum absolute atomic E-state index is 0.260. The topological polar surface area (TPSA) is 35.2 Å². The molecule has 0 aliphatic heterocycles. The summed E-state index contributed by atoms with van der Waals surface area (Å²) in [4.78, 5) is 0. The number of nitrogens with two attached hydrogens (primary N) is 1. The molecule has 0 aromatic heterocycles. The van der Waals surface area contributed by atoms with Crippen LogP contribution in [-0.4, -0.2) is 6.54 Å². The molecule has 0 aliphatic rings. The number of benzene rings is 2. The average molecular weight is 281 g/mol. The van der Waals surface area contributed by atoms with E-state index in [9.17, 15) is 0 Å². The third kappa shape index (κ3) is 4.20. The summed E-state index contributed by atoms with van der Waals surface area (Å²) in [7, 11) is 0. The second kappa shape index (κ2) is 7.65. The van der Waals surface area contributed by atoms with Crippen molar-refractivity contribution >= 4 is 0 Å². The first-order valence-corrected chi connectivity index (χ1v) is 7.34. The van der Waals surface area contributed by atoms with Crippen LogP contribution in [0, 0.1) is 5.92 Å². The summed E-state index contributed by atoms with van der Waals surface area (Å²) in [5, 5.41) is 0. The molecule has 0 saturated heterocycles. The molecule has 0 spiro atoms. The van der Waals surface area contributed by atoms with Crippen molar-refractivity contribution in [1.82, 2.24) is 0 Å². The van der Waals surface area contributed by atoms with Gasteiger partial charge in [0.15, 0.2) is 0 Å². The van der Waals surface area contributed by atoms with Crippen LogP contribution in [0.2, 0.25) is 0 Å². The highest BCUT2D eigenvalue weighted by molar-refractivity contribution is 5.33. The highest BCUT2D eigenvalue weighted by Gasteiger charge is 2.15. The van der Waals surface area contributed by atoms with Crippen LogP contribution in [-0.2, 0) is 6.61 Å². The van der Waals surface area contributed by atoms with Gasteiger partial charge in [0.1, 0.15) is 12.4 Å². The van der Waals surface area contributed by atoms with E-state index in [1.54, 1.807) is 0 Å². The molecule has 2 aromatic carbocycles. The first-order chi connectivity index (χ1) is 10.2. The van der Waals surface area contributed by atoms with Crippen molar-refractivity contribution in [1.29, 1.82) is 0 Å². The van der Waals surface area contributed by atoms with E-state index >= 15 is 0 Å². The second-order valence-corrected chi connectivity index (χ2v) is 5.32. The number of rotatable bonds is 7. The lowest BCUT2D eigenvalue weighted by molar-refractivity contribution is 0.305. The molecule has 2 N–H and O–H groups in total. The van der Waals surface area contributed by atoms with Crippen LogP contribution < -0.4 is 10.5 Å². The van der Waals surface area contributed by atoms with Crippen molar-refractivity contribution in [3.63, 3.8) is 0 Å². The Hall–Kier alpha value is -2.06. The predicted octanol–water partition coefficient (Wildman–Crippen LogP) is 4.13. The molecule has 0 aliphatic carbocycles. The highest BCUT2D eigenvalue weighted by Crippen LogP contribution is 2.28. The molecule has 0 fully saturated rings. The average Bonchev–Trinajstić information content (AvgIpc) is 2.55. The molecule has 21 heavy (non-hydrogen) atoms. The summed E-state index contributed by atoms with van der Waals surface area (Å²) in [6.45, 7) is 7.30. The van der Waals surface area contributed by atoms with E-state index in [0.717, 1.165) is 5.75 Å². The summed E-state index contributed by atoms with van der Waals surface area (Å²) >= 11 is 0. The molecule has 0 bridgehead atoms. The lowest BCUT2D eigenvalue weighted by Crippen LogP contribution is -2.17. The maximum Gasteiger partial charge on any atom is 0.120 e. The van der Waals surface area contributed by atoms with Gasteiger partial charge in [0, 0.05) is 5.92 Å². The maximum atomic E-state index is 5.88. The quantitative estimate of drug-likeness (QED) is 0.774. The normalized spacial score (nSPS) is 13.4. The summed E-state index contributed by atoms with van der Waals surface area (Å²) < 4.78 is 5.88. The summed E-state index contributed by atoms with van der Waals surface area (Å²) in [6, 6.07) is 18.4. The van der Waals surface area contributed by atoms with Gasteiger partial charge in [-0.25, -0.2) is 0 Å². The Morgan fingerprint density at radius 3 is 2.57 bits per heavy atom. The van der Waals surface area contributed by atoms with Crippen LogP contribution >= 0.6 is 0 Å². The maximum absolute atomic E-state index is 5.88. The number of ether oxygens (including phenoxy) is 1. The van der Waals surface area contributed by atoms with Gasteiger partial charge in [-0.15, -0.1) is 6.58 Å². The van der Waals surface area contributed by atoms with Crippen molar-refractivity contribution in [3.8, 4) is 5.75 Å². The molecule has 2 aromatic rings. The van der Waals surface area contributed by atoms with Crippen LogP contribution in [0.4, 0.5) is 0 Å². The molecular formula is C19H23NO. The fourth-order valence-electron chi connectivity index (χ4n) is 2.40. The van der Waals surface area contributed by atoms with E-state index in [1.807, 2.05) is 36.4 Å². The molecule has 0 saturated carbocycles. The van der Waals surface area contributed by atoms with Crippen LogP contribution in [0.3, 0.4) is 0 Å². The smallest absolute Gasteiger partial charge is 0.120 e. The van der Waals surface area contributed by atoms with Gasteiger partial charge in [-0.05, 0) is 35.7 Å². The lowest BCUT2D eigenvalue weighted by Gasteiger charge is -2.20.